The lowest BCUT2D eigenvalue weighted by Gasteiger charge is -2.11. The molecule has 1 heterocycles. The topological polar surface area (TPSA) is 34.1 Å². The highest BCUT2D eigenvalue weighted by molar-refractivity contribution is 5.28. The van der Waals surface area contributed by atoms with E-state index in [1.54, 1.807) is 6.20 Å². The summed E-state index contributed by atoms with van der Waals surface area (Å²) in [6.45, 7) is 6.69. The first-order chi connectivity index (χ1) is 9.79. The highest BCUT2D eigenvalue weighted by Crippen LogP contribution is 2.15. The van der Waals surface area contributed by atoms with Crippen LogP contribution >= 0.6 is 0 Å². The number of likely N-dealkylation sites (N-methyl/N-ethyl adjacent to an activating group) is 1. The van der Waals surface area contributed by atoms with Crippen LogP contribution in [0.1, 0.15) is 23.7 Å². The van der Waals surface area contributed by atoms with Crippen molar-refractivity contribution in [1.29, 1.82) is 0 Å². The van der Waals surface area contributed by atoms with Gasteiger partial charge in [-0.3, -0.25) is 4.98 Å². The molecule has 0 aliphatic rings. The maximum atomic E-state index is 5.81. The molecule has 2 aromatic rings. The molecule has 1 N–H and O–H groups in total. The Morgan fingerprint density at radius 1 is 1.10 bits per heavy atom. The van der Waals surface area contributed by atoms with E-state index in [0.29, 0.717) is 6.61 Å². The molecule has 1 aromatic carbocycles. The predicted molar refractivity (Wildman–Crippen MR) is 82.0 cm³/mol. The minimum Gasteiger partial charge on any atom is -0.487 e. The molecule has 0 saturated heterocycles. The Bertz CT molecular complexity index is 523. The fourth-order valence-corrected chi connectivity index (χ4v) is 2.04. The van der Waals surface area contributed by atoms with E-state index in [2.05, 4.69) is 41.5 Å². The average molecular weight is 270 g/mol. The molecule has 0 amide bonds. The van der Waals surface area contributed by atoms with Crippen LogP contribution in [-0.4, -0.2) is 18.1 Å². The average Bonchev–Trinajstić information content (AvgIpc) is 2.48. The summed E-state index contributed by atoms with van der Waals surface area (Å²) in [5, 5.41) is 3.35. The quantitative estimate of drug-likeness (QED) is 0.785. The second-order valence-electron chi connectivity index (χ2n) is 4.80. The minimum atomic E-state index is 0.590. The van der Waals surface area contributed by atoms with Crippen molar-refractivity contribution in [2.45, 2.75) is 26.9 Å². The number of nitrogens with one attached hydrogen (secondary N) is 1. The standard InChI is InChI=1S/C17H22N2O/c1-3-18-11-10-15-6-4-5-7-16(15)13-20-17-9-8-14(2)19-12-17/h4-9,12,18H,3,10-11,13H2,1-2H3. The highest BCUT2D eigenvalue weighted by atomic mass is 16.5. The molecule has 0 atom stereocenters. The summed E-state index contributed by atoms with van der Waals surface area (Å²) in [4.78, 5) is 4.24. The maximum absolute atomic E-state index is 5.81. The van der Waals surface area contributed by atoms with Crippen LogP contribution in [0.3, 0.4) is 0 Å². The molecule has 3 heteroatoms. The first-order valence-corrected chi connectivity index (χ1v) is 7.12. The summed E-state index contributed by atoms with van der Waals surface area (Å²) in [7, 11) is 0. The van der Waals surface area contributed by atoms with Gasteiger partial charge in [-0.15, -0.1) is 0 Å². The van der Waals surface area contributed by atoms with Crippen molar-refractivity contribution in [3.05, 3.63) is 59.4 Å². The van der Waals surface area contributed by atoms with E-state index in [9.17, 15) is 0 Å². The van der Waals surface area contributed by atoms with Crippen molar-refractivity contribution in [3.8, 4) is 5.75 Å². The van der Waals surface area contributed by atoms with Crippen molar-refractivity contribution >= 4 is 0 Å². The van der Waals surface area contributed by atoms with E-state index in [1.165, 1.54) is 11.1 Å². The zero-order valence-corrected chi connectivity index (χ0v) is 12.2. The predicted octanol–water partition coefficient (Wildman–Crippen LogP) is 3.12. The number of aryl methyl sites for hydroxylation is 1. The summed E-state index contributed by atoms with van der Waals surface area (Å²) in [6.07, 6.45) is 2.80. The van der Waals surface area contributed by atoms with E-state index in [4.69, 9.17) is 4.74 Å². The molecule has 20 heavy (non-hydrogen) atoms. The lowest BCUT2D eigenvalue weighted by molar-refractivity contribution is 0.303. The molecule has 1 aromatic heterocycles. The Hall–Kier alpha value is -1.87. The van der Waals surface area contributed by atoms with Gasteiger partial charge in [0.15, 0.2) is 0 Å². The fraction of sp³-hybridized carbons (Fsp3) is 0.353. The zero-order chi connectivity index (χ0) is 14.2. The largest absolute Gasteiger partial charge is 0.487 e. The number of nitrogens with zero attached hydrogens (tertiary/aromatic N) is 1. The van der Waals surface area contributed by atoms with E-state index in [1.807, 2.05) is 19.1 Å². The van der Waals surface area contributed by atoms with Crippen LogP contribution in [0.15, 0.2) is 42.6 Å². The molecule has 2 rings (SSSR count). The highest BCUT2D eigenvalue weighted by Gasteiger charge is 2.03. The SMILES string of the molecule is CCNCCc1ccccc1COc1ccc(C)nc1. The molecule has 0 aliphatic heterocycles. The number of hydrogen-bond donors (Lipinski definition) is 1. The summed E-state index contributed by atoms with van der Waals surface area (Å²) in [6, 6.07) is 12.4. The van der Waals surface area contributed by atoms with E-state index in [0.717, 1.165) is 31.0 Å². The van der Waals surface area contributed by atoms with Gasteiger partial charge in [-0.25, -0.2) is 0 Å². The summed E-state index contributed by atoms with van der Waals surface area (Å²) in [5.41, 5.74) is 3.59. The van der Waals surface area contributed by atoms with Crippen molar-refractivity contribution in [2.75, 3.05) is 13.1 Å². The summed E-state index contributed by atoms with van der Waals surface area (Å²) in [5.74, 6) is 0.817. The Labute approximate surface area is 121 Å². The minimum absolute atomic E-state index is 0.590. The van der Waals surface area contributed by atoms with Gasteiger partial charge >= 0.3 is 0 Å². The first-order valence-electron chi connectivity index (χ1n) is 7.12. The van der Waals surface area contributed by atoms with E-state index >= 15 is 0 Å². The number of aromatic nitrogens is 1. The third kappa shape index (κ3) is 4.35. The molecule has 0 spiro atoms. The van der Waals surface area contributed by atoms with Crippen LogP contribution in [0, 0.1) is 6.92 Å². The number of rotatable bonds is 7. The lowest BCUT2D eigenvalue weighted by Crippen LogP contribution is -2.17. The van der Waals surface area contributed by atoms with Gasteiger partial charge in [0.2, 0.25) is 0 Å². The zero-order valence-electron chi connectivity index (χ0n) is 12.2. The Morgan fingerprint density at radius 2 is 1.90 bits per heavy atom. The second kappa shape index (κ2) is 7.65. The van der Waals surface area contributed by atoms with Crippen molar-refractivity contribution < 1.29 is 4.74 Å². The van der Waals surface area contributed by atoms with Gasteiger partial charge in [-0.05, 0) is 49.7 Å². The molecule has 0 radical (unpaired) electrons. The van der Waals surface area contributed by atoms with E-state index in [-0.39, 0.29) is 0 Å². The van der Waals surface area contributed by atoms with Gasteiger partial charge in [0.1, 0.15) is 12.4 Å². The van der Waals surface area contributed by atoms with Gasteiger partial charge < -0.3 is 10.1 Å². The van der Waals surface area contributed by atoms with Gasteiger partial charge in [0.05, 0.1) is 6.20 Å². The molecule has 3 nitrogen and oxygen atoms in total. The summed E-state index contributed by atoms with van der Waals surface area (Å²) < 4.78 is 5.81. The molecular formula is C17H22N2O. The van der Waals surface area contributed by atoms with Gasteiger partial charge in [0.25, 0.3) is 0 Å². The molecule has 0 fully saturated rings. The lowest BCUT2D eigenvalue weighted by atomic mass is 10.1. The molecule has 0 unspecified atom stereocenters. The number of ether oxygens (including phenoxy) is 1. The Kier molecular flexibility index (Phi) is 5.56. The molecular weight excluding hydrogens is 248 g/mol. The number of benzene rings is 1. The maximum Gasteiger partial charge on any atom is 0.138 e. The van der Waals surface area contributed by atoms with Crippen molar-refractivity contribution in [3.63, 3.8) is 0 Å². The Balaban J connectivity index is 1.96. The molecule has 0 aliphatic carbocycles. The van der Waals surface area contributed by atoms with Crippen LogP contribution in [-0.2, 0) is 13.0 Å². The van der Waals surface area contributed by atoms with Crippen LogP contribution in [0.2, 0.25) is 0 Å². The van der Waals surface area contributed by atoms with Crippen molar-refractivity contribution in [1.82, 2.24) is 10.3 Å². The van der Waals surface area contributed by atoms with Gasteiger partial charge in [0, 0.05) is 5.69 Å². The third-order valence-corrected chi connectivity index (χ3v) is 3.22. The fourth-order valence-electron chi connectivity index (χ4n) is 2.04. The Morgan fingerprint density at radius 3 is 2.60 bits per heavy atom. The van der Waals surface area contributed by atoms with Gasteiger partial charge in [-0.2, -0.15) is 0 Å². The van der Waals surface area contributed by atoms with E-state index < -0.39 is 0 Å². The third-order valence-electron chi connectivity index (χ3n) is 3.22. The molecule has 0 bridgehead atoms. The number of pyridine rings is 1. The number of hydrogen-bond acceptors (Lipinski definition) is 3. The molecule has 106 valence electrons. The second-order valence-corrected chi connectivity index (χ2v) is 4.80. The smallest absolute Gasteiger partial charge is 0.138 e. The first kappa shape index (κ1) is 14.5. The van der Waals surface area contributed by atoms with Crippen LogP contribution < -0.4 is 10.1 Å². The van der Waals surface area contributed by atoms with Crippen LogP contribution in [0.4, 0.5) is 0 Å². The van der Waals surface area contributed by atoms with Crippen molar-refractivity contribution in [2.24, 2.45) is 0 Å². The normalized spacial score (nSPS) is 10.5. The monoisotopic (exact) mass is 270 g/mol. The van der Waals surface area contributed by atoms with Crippen LogP contribution in [0.25, 0.3) is 0 Å². The molecule has 0 saturated carbocycles. The summed E-state index contributed by atoms with van der Waals surface area (Å²) >= 11 is 0. The van der Waals surface area contributed by atoms with Gasteiger partial charge in [-0.1, -0.05) is 31.2 Å². The van der Waals surface area contributed by atoms with Crippen LogP contribution in [0.5, 0.6) is 5.75 Å².